The van der Waals surface area contributed by atoms with Crippen LogP contribution in [0.2, 0.25) is 0 Å². The van der Waals surface area contributed by atoms with Crippen molar-refractivity contribution in [1.29, 1.82) is 10.5 Å². The van der Waals surface area contributed by atoms with Crippen LogP contribution in [0.15, 0.2) is 22.7 Å². The lowest BCUT2D eigenvalue weighted by molar-refractivity contribution is -0.677. The molecule has 1 spiro atoms. The van der Waals surface area contributed by atoms with Crippen LogP contribution in [0.4, 0.5) is 4.39 Å². The summed E-state index contributed by atoms with van der Waals surface area (Å²) in [7, 11) is 0. The SMILES string of the molecule is C[C@@H]1CO[C@@]2([NH+]=C(N)[C@@]3(C#N)[C@@H](c4ccc(F)c(Br)c4)[C@@]23C#N)O1. The average Bonchev–Trinajstić information content (AvgIpc) is 2.95. The first-order valence-electron chi connectivity index (χ1n) is 7.39. The van der Waals surface area contributed by atoms with Gasteiger partial charge in [0.2, 0.25) is 0 Å². The van der Waals surface area contributed by atoms with Crippen molar-refractivity contribution in [2.45, 2.75) is 24.9 Å². The number of nitrogens with two attached hydrogens (primary N) is 1. The van der Waals surface area contributed by atoms with Crippen LogP contribution in [0.5, 0.6) is 0 Å². The molecule has 3 N–H and O–H groups in total. The zero-order valence-electron chi connectivity index (χ0n) is 12.6. The molecule has 24 heavy (non-hydrogen) atoms. The molecule has 8 heteroatoms. The maximum Gasteiger partial charge on any atom is 0.343 e. The first-order chi connectivity index (χ1) is 11.4. The fourth-order valence-corrected chi connectivity index (χ4v) is 4.55. The van der Waals surface area contributed by atoms with Crippen molar-refractivity contribution in [1.82, 2.24) is 0 Å². The standard InChI is InChI=1S/C16H12BrFN4O2/c1-8-5-23-16(24-8)15(7-20)12(14(15,6-19)13(21)22-16)9-2-3-11(18)10(17)4-9/h2-4,8,12H,5H2,1H3,(H2,21,22)/p+1/t8-,12-,14-,15-,16-/m1/s1. The van der Waals surface area contributed by atoms with Crippen LogP contribution in [-0.2, 0) is 9.47 Å². The Labute approximate surface area is 145 Å². The number of fused-ring (bicyclic) bond motifs is 2. The minimum atomic E-state index is -1.47. The van der Waals surface area contributed by atoms with Crippen molar-refractivity contribution in [3.05, 3.63) is 34.1 Å². The van der Waals surface area contributed by atoms with Gasteiger partial charge in [0.15, 0.2) is 10.8 Å². The highest BCUT2D eigenvalue weighted by Crippen LogP contribution is 2.79. The van der Waals surface area contributed by atoms with E-state index in [9.17, 15) is 14.9 Å². The number of nitriles is 2. The van der Waals surface area contributed by atoms with E-state index in [2.05, 4.69) is 33.1 Å². The van der Waals surface area contributed by atoms with Gasteiger partial charge in [-0.3, -0.25) is 5.73 Å². The molecule has 5 atom stereocenters. The van der Waals surface area contributed by atoms with E-state index in [-0.39, 0.29) is 23.0 Å². The number of halogens is 2. The van der Waals surface area contributed by atoms with E-state index in [0.717, 1.165) is 0 Å². The van der Waals surface area contributed by atoms with Crippen LogP contribution in [0.1, 0.15) is 18.4 Å². The summed E-state index contributed by atoms with van der Waals surface area (Å²) < 4.78 is 25.5. The molecule has 2 heterocycles. The largest absolute Gasteiger partial charge is 0.343 e. The molecule has 0 bridgehead atoms. The molecule has 0 unspecified atom stereocenters. The Balaban J connectivity index is 1.92. The van der Waals surface area contributed by atoms with Crippen LogP contribution >= 0.6 is 15.9 Å². The molecular formula is C16H13BrFN4O2+. The van der Waals surface area contributed by atoms with Gasteiger partial charge in [-0.05, 0) is 40.5 Å². The van der Waals surface area contributed by atoms with Crippen LogP contribution in [0.3, 0.4) is 0 Å². The van der Waals surface area contributed by atoms with Gasteiger partial charge in [0.1, 0.15) is 5.82 Å². The van der Waals surface area contributed by atoms with E-state index in [1.54, 1.807) is 12.1 Å². The lowest BCUT2D eigenvalue weighted by Gasteiger charge is -2.24. The maximum absolute atomic E-state index is 13.6. The summed E-state index contributed by atoms with van der Waals surface area (Å²) in [6.07, 6.45) is -0.244. The molecule has 0 amide bonds. The van der Waals surface area contributed by atoms with E-state index in [4.69, 9.17) is 15.2 Å². The van der Waals surface area contributed by atoms with Gasteiger partial charge in [0, 0.05) is 5.92 Å². The van der Waals surface area contributed by atoms with Crippen LogP contribution < -0.4 is 10.7 Å². The second kappa shape index (κ2) is 4.54. The monoisotopic (exact) mass is 391 g/mol. The van der Waals surface area contributed by atoms with Gasteiger partial charge >= 0.3 is 5.91 Å². The minimum absolute atomic E-state index is 0.145. The van der Waals surface area contributed by atoms with Crippen molar-refractivity contribution in [3.8, 4) is 12.1 Å². The zero-order chi connectivity index (χ0) is 17.3. The molecule has 1 aliphatic carbocycles. The van der Waals surface area contributed by atoms with Gasteiger partial charge in [-0.1, -0.05) is 6.07 Å². The van der Waals surface area contributed by atoms with Crippen molar-refractivity contribution < 1.29 is 18.9 Å². The second-order valence-corrected chi connectivity index (χ2v) is 7.20. The van der Waals surface area contributed by atoms with Gasteiger partial charge in [0.05, 0.1) is 29.3 Å². The third-order valence-electron chi connectivity index (χ3n) is 5.17. The van der Waals surface area contributed by atoms with Gasteiger partial charge < -0.3 is 9.47 Å². The summed E-state index contributed by atoms with van der Waals surface area (Å²) >= 11 is 3.14. The summed E-state index contributed by atoms with van der Waals surface area (Å²) in [5, 5.41) is 19.9. The molecule has 2 fully saturated rings. The Morgan fingerprint density at radius 1 is 1.42 bits per heavy atom. The number of rotatable bonds is 1. The third-order valence-corrected chi connectivity index (χ3v) is 5.77. The molecule has 1 saturated heterocycles. The Kier molecular flexibility index (Phi) is 2.94. The summed E-state index contributed by atoms with van der Waals surface area (Å²) in [6, 6.07) is 8.83. The fourth-order valence-electron chi connectivity index (χ4n) is 4.16. The third kappa shape index (κ3) is 1.43. The van der Waals surface area contributed by atoms with E-state index in [1.165, 1.54) is 6.07 Å². The average molecular weight is 392 g/mol. The maximum atomic E-state index is 13.6. The first kappa shape index (κ1) is 15.5. The number of nitrogens with one attached hydrogen (secondary N) is 1. The number of nitrogens with zero attached hydrogens (tertiary/aromatic N) is 2. The Hall–Kier alpha value is -2.00. The van der Waals surface area contributed by atoms with E-state index in [0.29, 0.717) is 5.56 Å². The highest BCUT2D eigenvalue weighted by atomic mass is 79.9. The molecule has 1 aromatic carbocycles. The predicted octanol–water partition coefficient (Wildman–Crippen LogP) is 0.246. The van der Waals surface area contributed by atoms with E-state index < -0.39 is 28.5 Å². The Morgan fingerprint density at radius 2 is 2.17 bits per heavy atom. The molecule has 1 saturated carbocycles. The van der Waals surface area contributed by atoms with Gasteiger partial charge in [-0.2, -0.15) is 10.5 Å². The highest BCUT2D eigenvalue weighted by molar-refractivity contribution is 9.10. The molecule has 0 aromatic heterocycles. The topological polar surface area (TPSA) is 106 Å². The number of ether oxygens (including phenoxy) is 2. The van der Waals surface area contributed by atoms with Crippen molar-refractivity contribution >= 4 is 21.8 Å². The normalized spacial score (nSPS) is 42.3. The fraction of sp³-hybridized carbons (Fsp3) is 0.438. The quantitative estimate of drug-likeness (QED) is 0.713. The zero-order valence-corrected chi connectivity index (χ0v) is 14.2. The highest BCUT2D eigenvalue weighted by Gasteiger charge is 2.97. The second-order valence-electron chi connectivity index (χ2n) is 6.34. The summed E-state index contributed by atoms with van der Waals surface area (Å²) in [6.45, 7) is 2.10. The molecule has 122 valence electrons. The van der Waals surface area contributed by atoms with Crippen molar-refractivity contribution in [2.24, 2.45) is 16.6 Å². The Morgan fingerprint density at radius 3 is 2.71 bits per heavy atom. The lowest BCUT2D eigenvalue weighted by Crippen LogP contribution is -2.90. The van der Waals surface area contributed by atoms with E-state index in [1.807, 2.05) is 6.92 Å². The minimum Gasteiger partial charge on any atom is -0.311 e. The number of amidine groups is 1. The summed E-state index contributed by atoms with van der Waals surface area (Å²) in [5.41, 5.74) is 4.11. The molecule has 3 aliphatic rings. The van der Waals surface area contributed by atoms with Crippen molar-refractivity contribution in [2.75, 3.05) is 6.61 Å². The molecule has 4 rings (SSSR count). The Bertz CT molecular complexity index is 878. The molecule has 6 nitrogen and oxygen atoms in total. The lowest BCUT2D eigenvalue weighted by atomic mass is 9.94. The molecular weight excluding hydrogens is 379 g/mol. The summed E-state index contributed by atoms with van der Waals surface area (Å²) in [5.74, 6) is -2.32. The smallest absolute Gasteiger partial charge is 0.311 e. The first-order valence-corrected chi connectivity index (χ1v) is 8.18. The van der Waals surface area contributed by atoms with Gasteiger partial charge in [-0.25, -0.2) is 9.38 Å². The van der Waals surface area contributed by atoms with Crippen LogP contribution in [0, 0.1) is 39.3 Å². The summed E-state index contributed by atoms with van der Waals surface area (Å²) in [4.78, 5) is 2.89. The van der Waals surface area contributed by atoms with Crippen LogP contribution in [-0.4, -0.2) is 24.5 Å². The molecule has 0 radical (unpaired) electrons. The van der Waals surface area contributed by atoms with Gasteiger partial charge in [0.25, 0.3) is 5.84 Å². The van der Waals surface area contributed by atoms with Crippen LogP contribution in [0.25, 0.3) is 0 Å². The van der Waals surface area contributed by atoms with Gasteiger partial charge in [-0.15, -0.1) is 0 Å². The molecule has 2 aliphatic heterocycles. The van der Waals surface area contributed by atoms with Crippen molar-refractivity contribution in [3.63, 3.8) is 0 Å². The number of benzene rings is 1. The van der Waals surface area contributed by atoms with E-state index >= 15 is 0 Å². The molecule has 1 aromatic rings. The number of hydrogen-bond donors (Lipinski definition) is 2. The number of hydrogen-bond acceptors (Lipinski definition) is 5. The predicted molar refractivity (Wildman–Crippen MR) is 82.3 cm³/mol.